The van der Waals surface area contributed by atoms with Gasteiger partial charge in [0.15, 0.2) is 0 Å². The fourth-order valence-electron chi connectivity index (χ4n) is 6.31. The van der Waals surface area contributed by atoms with Gasteiger partial charge in [-0.1, -0.05) is 30.3 Å². The number of benzene rings is 2. The van der Waals surface area contributed by atoms with E-state index in [0.717, 1.165) is 63.2 Å². The summed E-state index contributed by atoms with van der Waals surface area (Å²) in [4.78, 5) is 33.8. The number of nitrogens with zero attached hydrogens (tertiary/aromatic N) is 4. The molecule has 1 amide bonds. The van der Waals surface area contributed by atoms with Gasteiger partial charge in [-0.15, -0.1) is 6.58 Å². The number of hydrogen-bond acceptors (Lipinski definition) is 6. The van der Waals surface area contributed by atoms with Crippen molar-refractivity contribution in [1.82, 2.24) is 19.6 Å². The van der Waals surface area contributed by atoms with Crippen LogP contribution in [0.3, 0.4) is 0 Å². The molecule has 8 nitrogen and oxygen atoms in total. The summed E-state index contributed by atoms with van der Waals surface area (Å²) in [7, 11) is 0. The molecular formula is C33H46N4O4. The highest BCUT2D eigenvalue weighted by atomic mass is 16.4. The number of unbranched alkanes of at least 4 members (excludes halogenated alkanes) is 1. The highest BCUT2D eigenvalue weighted by Crippen LogP contribution is 2.35. The molecule has 2 saturated heterocycles. The first-order chi connectivity index (χ1) is 19.8. The lowest BCUT2D eigenvalue weighted by molar-refractivity contribution is -0.137. The number of rotatable bonds is 11. The number of hydrogen-bond donors (Lipinski definition) is 2. The first kappa shape index (κ1) is 30.8. The van der Waals surface area contributed by atoms with Gasteiger partial charge < -0.3 is 20.0 Å². The van der Waals surface area contributed by atoms with Crippen LogP contribution in [0.15, 0.2) is 61.2 Å². The van der Waals surface area contributed by atoms with Gasteiger partial charge >= 0.3 is 5.97 Å². The van der Waals surface area contributed by atoms with E-state index in [1.807, 2.05) is 41.3 Å². The molecule has 8 heteroatoms. The molecule has 0 saturated carbocycles. The van der Waals surface area contributed by atoms with Crippen LogP contribution in [0, 0.1) is 0 Å². The number of carbonyl (C=O) groups is 2. The van der Waals surface area contributed by atoms with Crippen molar-refractivity contribution in [2.75, 3.05) is 52.4 Å². The largest absolute Gasteiger partial charge is 0.508 e. The predicted molar refractivity (Wildman–Crippen MR) is 162 cm³/mol. The summed E-state index contributed by atoms with van der Waals surface area (Å²) in [5, 5.41) is 19.2. The number of phenolic OH excluding ortho intramolecular Hbond substituents is 1. The molecule has 0 radical (unpaired) electrons. The Bertz CT molecular complexity index is 1190. The lowest BCUT2D eigenvalue weighted by atomic mass is 9.92. The van der Waals surface area contributed by atoms with Crippen LogP contribution in [0.4, 0.5) is 0 Å². The summed E-state index contributed by atoms with van der Waals surface area (Å²) in [6.45, 7) is 15.0. The van der Waals surface area contributed by atoms with Crippen molar-refractivity contribution in [1.29, 1.82) is 0 Å². The Morgan fingerprint density at radius 1 is 0.976 bits per heavy atom. The second-order valence-corrected chi connectivity index (χ2v) is 11.6. The smallest absolute Gasteiger partial charge is 0.303 e. The number of carbonyl (C=O) groups excluding carboxylic acids is 1. The van der Waals surface area contributed by atoms with Crippen LogP contribution < -0.4 is 0 Å². The van der Waals surface area contributed by atoms with E-state index >= 15 is 0 Å². The molecule has 0 unspecified atom stereocenters. The maximum absolute atomic E-state index is 13.7. The summed E-state index contributed by atoms with van der Waals surface area (Å²) in [5.74, 6) is -0.459. The zero-order chi connectivity index (χ0) is 29.4. The van der Waals surface area contributed by atoms with E-state index in [2.05, 4.69) is 47.3 Å². The van der Waals surface area contributed by atoms with Gasteiger partial charge in [0, 0.05) is 63.3 Å². The van der Waals surface area contributed by atoms with Gasteiger partial charge in [-0.25, -0.2) is 0 Å². The summed E-state index contributed by atoms with van der Waals surface area (Å²) >= 11 is 0. The van der Waals surface area contributed by atoms with Gasteiger partial charge in [0.2, 0.25) is 0 Å². The highest BCUT2D eigenvalue weighted by molar-refractivity contribution is 5.94. The molecular weight excluding hydrogens is 516 g/mol. The highest BCUT2D eigenvalue weighted by Gasteiger charge is 2.35. The van der Waals surface area contributed by atoms with Gasteiger partial charge in [-0.3, -0.25) is 19.4 Å². The summed E-state index contributed by atoms with van der Waals surface area (Å²) < 4.78 is 0. The number of carboxylic acids is 1. The molecule has 2 N–H and O–H groups in total. The van der Waals surface area contributed by atoms with Gasteiger partial charge in [-0.2, -0.15) is 0 Å². The normalized spacial score (nSPS) is 21.8. The quantitative estimate of drug-likeness (QED) is 0.309. The molecule has 2 heterocycles. The summed E-state index contributed by atoms with van der Waals surface area (Å²) in [6.07, 6.45) is 4.61. The molecule has 0 aliphatic carbocycles. The van der Waals surface area contributed by atoms with E-state index in [-0.39, 0.29) is 30.2 Å². The molecule has 2 aliphatic rings. The number of aromatic hydroxyl groups is 1. The minimum Gasteiger partial charge on any atom is -0.508 e. The monoisotopic (exact) mass is 562 g/mol. The van der Waals surface area contributed by atoms with Crippen molar-refractivity contribution in [3.63, 3.8) is 0 Å². The number of carboxylic acid groups (broad SMARTS) is 1. The summed E-state index contributed by atoms with van der Waals surface area (Å²) in [6, 6.07) is 16.0. The molecule has 2 fully saturated rings. The minimum absolute atomic E-state index is 0.0476. The Balaban J connectivity index is 1.52. The Morgan fingerprint density at radius 3 is 2.46 bits per heavy atom. The van der Waals surface area contributed by atoms with E-state index in [1.165, 1.54) is 0 Å². The molecule has 0 aromatic heterocycles. The zero-order valence-corrected chi connectivity index (χ0v) is 24.6. The zero-order valence-electron chi connectivity index (χ0n) is 24.6. The lowest BCUT2D eigenvalue weighted by Gasteiger charge is -2.47. The Morgan fingerprint density at radius 2 is 1.73 bits per heavy atom. The molecule has 0 bridgehead atoms. The maximum Gasteiger partial charge on any atom is 0.303 e. The molecule has 3 atom stereocenters. The fraction of sp³-hybridized carbons (Fsp3) is 0.515. The van der Waals surface area contributed by atoms with Crippen LogP contribution in [0.2, 0.25) is 0 Å². The van der Waals surface area contributed by atoms with Crippen molar-refractivity contribution in [2.45, 2.75) is 57.7 Å². The Labute approximate surface area is 244 Å². The third-order valence-electron chi connectivity index (χ3n) is 8.48. The van der Waals surface area contributed by atoms with E-state index in [4.69, 9.17) is 5.11 Å². The number of aliphatic carboxylic acids is 1. The minimum atomic E-state index is -0.745. The first-order valence-electron chi connectivity index (χ1n) is 15.0. The molecule has 0 spiro atoms. The van der Waals surface area contributed by atoms with Crippen molar-refractivity contribution >= 4 is 11.9 Å². The van der Waals surface area contributed by atoms with Crippen LogP contribution >= 0.6 is 0 Å². The number of amides is 1. The van der Waals surface area contributed by atoms with Crippen LogP contribution in [0.5, 0.6) is 5.75 Å². The van der Waals surface area contributed by atoms with Gasteiger partial charge in [0.05, 0.1) is 6.04 Å². The molecule has 222 valence electrons. The predicted octanol–water partition coefficient (Wildman–Crippen LogP) is 4.47. The molecule has 4 rings (SSSR count). The van der Waals surface area contributed by atoms with E-state index in [1.54, 1.807) is 6.07 Å². The van der Waals surface area contributed by atoms with Crippen molar-refractivity contribution in [3.05, 3.63) is 77.9 Å². The Kier molecular flexibility index (Phi) is 11.0. The van der Waals surface area contributed by atoms with Crippen LogP contribution in [-0.4, -0.2) is 106 Å². The van der Waals surface area contributed by atoms with Crippen molar-refractivity contribution < 1.29 is 19.8 Å². The molecule has 2 aromatic rings. The van der Waals surface area contributed by atoms with Gasteiger partial charge in [0.1, 0.15) is 5.75 Å². The topological polar surface area (TPSA) is 87.6 Å². The number of phenols is 1. The maximum atomic E-state index is 13.7. The van der Waals surface area contributed by atoms with E-state index in [9.17, 15) is 14.7 Å². The summed E-state index contributed by atoms with van der Waals surface area (Å²) in [5.41, 5.74) is 2.75. The average Bonchev–Trinajstić information content (AvgIpc) is 3.19. The van der Waals surface area contributed by atoms with Gasteiger partial charge in [0.25, 0.3) is 5.91 Å². The number of piperazine rings is 1. The van der Waals surface area contributed by atoms with Gasteiger partial charge in [-0.05, 0) is 81.6 Å². The van der Waals surface area contributed by atoms with Crippen LogP contribution in [0.25, 0.3) is 0 Å². The molecule has 2 aliphatic heterocycles. The van der Waals surface area contributed by atoms with Crippen molar-refractivity contribution in [3.8, 4) is 5.75 Å². The Hall–Kier alpha value is -3.20. The van der Waals surface area contributed by atoms with Crippen LogP contribution in [-0.2, 0) is 4.79 Å². The van der Waals surface area contributed by atoms with E-state index in [0.29, 0.717) is 31.1 Å². The van der Waals surface area contributed by atoms with Crippen molar-refractivity contribution in [2.24, 2.45) is 0 Å². The first-order valence-corrected chi connectivity index (χ1v) is 15.0. The molecule has 41 heavy (non-hydrogen) atoms. The second kappa shape index (κ2) is 14.6. The fourth-order valence-corrected chi connectivity index (χ4v) is 6.31. The second-order valence-electron chi connectivity index (χ2n) is 11.6. The third-order valence-corrected chi connectivity index (χ3v) is 8.48. The van der Waals surface area contributed by atoms with Crippen LogP contribution in [0.1, 0.15) is 67.1 Å². The SMILES string of the molecule is C=CCN1C[C@H](C)N([C@H](c2cccc(O)c2)c2cccc(C(=O)N3CCCN(CCCCC(=O)O)CC3)c2)C[C@H]1C. The third kappa shape index (κ3) is 8.18. The standard InChI is InChI=1S/C33H46N4O4/c1-4-15-36-23-26(3)37(24-25(36)2)32(28-11-8-13-30(38)22-28)27-10-7-12-29(21-27)33(41)35-18-9-17-34(19-20-35)16-6-5-14-31(39)40/h4,7-8,10-13,21-22,25-26,32,38H,1,5-6,9,14-20,23-24H2,2-3H3,(H,39,40)/t25-,26+,32+/m1/s1. The lowest BCUT2D eigenvalue weighted by Crippen LogP contribution is -2.57. The molecule has 2 aromatic carbocycles. The average molecular weight is 563 g/mol. The van der Waals surface area contributed by atoms with E-state index < -0.39 is 5.97 Å².